The van der Waals surface area contributed by atoms with Gasteiger partial charge < -0.3 is 9.64 Å². The Bertz CT molecular complexity index is 778. The van der Waals surface area contributed by atoms with Gasteiger partial charge in [-0.3, -0.25) is 0 Å². The second-order valence-corrected chi connectivity index (χ2v) is 9.08. The molecular formula is C17H23N3O4S. The summed E-state index contributed by atoms with van der Waals surface area (Å²) < 4.78 is 30.7. The van der Waals surface area contributed by atoms with Gasteiger partial charge in [0.25, 0.3) is 0 Å². The third-order valence-corrected chi connectivity index (χ3v) is 5.53. The molecule has 1 aliphatic rings. The number of sulfone groups is 1. The van der Waals surface area contributed by atoms with Crippen molar-refractivity contribution >= 4 is 15.9 Å². The molecule has 1 amide bonds. The molecule has 8 heteroatoms. The summed E-state index contributed by atoms with van der Waals surface area (Å²) in [5, 5.41) is 8.79. The van der Waals surface area contributed by atoms with E-state index in [9.17, 15) is 13.2 Å². The van der Waals surface area contributed by atoms with E-state index in [0.717, 1.165) is 12.8 Å². The lowest BCUT2D eigenvalue weighted by Crippen LogP contribution is -2.48. The molecule has 0 saturated carbocycles. The Balaban J connectivity index is 2.20. The molecule has 0 aliphatic carbocycles. The normalized spacial score (nSPS) is 18.5. The summed E-state index contributed by atoms with van der Waals surface area (Å²) in [5.41, 5.74) is -0.401. The minimum atomic E-state index is -3.71. The quantitative estimate of drug-likeness (QED) is 0.816. The van der Waals surface area contributed by atoms with Crippen LogP contribution in [0.2, 0.25) is 0 Å². The van der Waals surface area contributed by atoms with Gasteiger partial charge in [-0.25, -0.2) is 18.2 Å². The van der Waals surface area contributed by atoms with Crippen LogP contribution >= 0.6 is 0 Å². The van der Waals surface area contributed by atoms with Crippen molar-refractivity contribution in [2.45, 2.75) is 56.7 Å². The maximum absolute atomic E-state index is 12.7. The van der Waals surface area contributed by atoms with Crippen molar-refractivity contribution < 1.29 is 17.9 Å². The van der Waals surface area contributed by atoms with Gasteiger partial charge >= 0.3 is 6.09 Å². The van der Waals surface area contributed by atoms with E-state index in [1.54, 1.807) is 20.8 Å². The number of hydrogen-bond donors (Lipinski definition) is 0. The van der Waals surface area contributed by atoms with Crippen LogP contribution in [0.4, 0.5) is 4.79 Å². The van der Waals surface area contributed by atoms with Crippen molar-refractivity contribution in [1.29, 1.82) is 5.26 Å². The van der Waals surface area contributed by atoms with Crippen molar-refractivity contribution in [3.63, 3.8) is 0 Å². The molecule has 7 nitrogen and oxygen atoms in total. The third kappa shape index (κ3) is 5.16. The number of nitrogens with zero attached hydrogens (tertiary/aromatic N) is 3. The Kier molecular flexibility index (Phi) is 5.68. The van der Waals surface area contributed by atoms with Gasteiger partial charge in [-0.05, 0) is 52.2 Å². The molecule has 1 aromatic heterocycles. The number of hydrogen-bond acceptors (Lipinski definition) is 6. The van der Waals surface area contributed by atoms with Gasteiger partial charge in [-0.1, -0.05) is 0 Å². The van der Waals surface area contributed by atoms with E-state index in [-0.39, 0.29) is 16.3 Å². The van der Waals surface area contributed by atoms with Crippen LogP contribution in [0.3, 0.4) is 0 Å². The fourth-order valence-corrected chi connectivity index (χ4v) is 4.27. The summed E-state index contributed by atoms with van der Waals surface area (Å²) in [6, 6.07) is 4.16. The second-order valence-electron chi connectivity index (χ2n) is 7.10. The minimum absolute atomic E-state index is 0.138. The molecule has 136 valence electrons. The molecule has 0 bridgehead atoms. The van der Waals surface area contributed by atoms with Gasteiger partial charge in [0.05, 0.1) is 17.4 Å². The number of aromatic nitrogens is 1. The van der Waals surface area contributed by atoms with Gasteiger partial charge in [0.1, 0.15) is 5.60 Å². The lowest BCUT2D eigenvalue weighted by atomic mass is 10.0. The maximum Gasteiger partial charge on any atom is 0.410 e. The van der Waals surface area contributed by atoms with E-state index >= 15 is 0 Å². The molecule has 25 heavy (non-hydrogen) atoms. The Morgan fingerprint density at radius 1 is 1.44 bits per heavy atom. The summed E-state index contributed by atoms with van der Waals surface area (Å²) >= 11 is 0. The number of likely N-dealkylation sites (tertiary alicyclic amines) is 1. The number of ether oxygens (including phenoxy) is 1. The Morgan fingerprint density at radius 3 is 2.80 bits per heavy atom. The highest BCUT2D eigenvalue weighted by Crippen LogP contribution is 2.23. The average molecular weight is 365 g/mol. The van der Waals surface area contributed by atoms with Crippen LogP contribution in [-0.2, 0) is 14.6 Å². The standard InChI is InChI=1S/C17H23N3O4S/c1-17(2,3)24-16(21)20-9-5-4-6-14(20)12-25(22,23)15-10-13(11-18)7-8-19-15/h7-8,10,14H,4-6,9,12H2,1-3H3. The van der Waals surface area contributed by atoms with Crippen LogP contribution < -0.4 is 0 Å². The zero-order chi connectivity index (χ0) is 18.7. The lowest BCUT2D eigenvalue weighted by Gasteiger charge is -2.36. The largest absolute Gasteiger partial charge is 0.444 e. The van der Waals surface area contributed by atoms with Gasteiger partial charge in [-0.15, -0.1) is 0 Å². The zero-order valence-electron chi connectivity index (χ0n) is 14.7. The van der Waals surface area contributed by atoms with Crippen molar-refractivity contribution in [2.75, 3.05) is 12.3 Å². The van der Waals surface area contributed by atoms with Crippen LogP contribution in [0.1, 0.15) is 45.6 Å². The molecule has 2 heterocycles. The number of amides is 1. The molecule has 1 atom stereocenters. The number of carbonyl (C=O) groups excluding carboxylic acids is 1. The predicted octanol–water partition coefficient (Wildman–Crippen LogP) is 2.52. The fraction of sp³-hybridized carbons (Fsp3) is 0.588. The number of nitriles is 1. The van der Waals surface area contributed by atoms with Crippen molar-refractivity contribution in [1.82, 2.24) is 9.88 Å². The molecule has 1 aromatic rings. The van der Waals surface area contributed by atoms with Crippen molar-refractivity contribution in [3.05, 3.63) is 23.9 Å². The first-order valence-electron chi connectivity index (χ1n) is 8.21. The third-order valence-electron chi connectivity index (χ3n) is 3.85. The molecule has 0 N–H and O–H groups in total. The van der Waals surface area contributed by atoms with Crippen LogP contribution in [0.25, 0.3) is 0 Å². The van der Waals surface area contributed by atoms with E-state index in [0.29, 0.717) is 13.0 Å². The van der Waals surface area contributed by atoms with E-state index < -0.39 is 27.6 Å². The maximum atomic E-state index is 12.7. The molecule has 1 fully saturated rings. The monoisotopic (exact) mass is 365 g/mol. The second kappa shape index (κ2) is 7.40. The molecule has 0 aromatic carbocycles. The van der Waals surface area contributed by atoms with Crippen molar-refractivity contribution in [3.8, 4) is 6.07 Å². The lowest BCUT2D eigenvalue weighted by molar-refractivity contribution is 0.0124. The molecule has 1 unspecified atom stereocenters. The number of carbonyl (C=O) groups is 1. The zero-order valence-corrected chi connectivity index (χ0v) is 15.5. The molecule has 0 radical (unpaired) electrons. The Labute approximate surface area is 148 Å². The molecule has 2 rings (SSSR count). The molecule has 0 spiro atoms. The van der Waals surface area contributed by atoms with Crippen LogP contribution in [0.5, 0.6) is 0 Å². The smallest absolute Gasteiger partial charge is 0.410 e. The predicted molar refractivity (Wildman–Crippen MR) is 91.6 cm³/mol. The van der Waals surface area contributed by atoms with Crippen LogP contribution in [0.15, 0.2) is 23.4 Å². The minimum Gasteiger partial charge on any atom is -0.444 e. The highest BCUT2D eigenvalue weighted by molar-refractivity contribution is 7.91. The van der Waals surface area contributed by atoms with E-state index in [2.05, 4.69) is 4.98 Å². The first kappa shape index (κ1) is 19.2. The summed E-state index contributed by atoms with van der Waals surface area (Å²) in [4.78, 5) is 17.8. The number of piperidine rings is 1. The molecule has 1 saturated heterocycles. The average Bonchev–Trinajstić information content (AvgIpc) is 2.53. The summed E-state index contributed by atoms with van der Waals surface area (Å²) in [6.07, 6.45) is 3.07. The van der Waals surface area contributed by atoms with Gasteiger partial charge in [0.15, 0.2) is 14.9 Å². The Hall–Kier alpha value is -2.14. The highest BCUT2D eigenvalue weighted by Gasteiger charge is 2.34. The first-order chi connectivity index (χ1) is 11.6. The molecule has 1 aliphatic heterocycles. The number of rotatable bonds is 3. The van der Waals surface area contributed by atoms with Gasteiger partial charge in [0, 0.05) is 18.8 Å². The fourth-order valence-electron chi connectivity index (χ4n) is 2.72. The highest BCUT2D eigenvalue weighted by atomic mass is 32.2. The summed E-state index contributed by atoms with van der Waals surface area (Å²) in [7, 11) is -3.71. The molecular weight excluding hydrogens is 342 g/mol. The van der Waals surface area contributed by atoms with E-state index in [1.807, 2.05) is 6.07 Å². The van der Waals surface area contributed by atoms with Crippen LogP contribution in [0, 0.1) is 11.3 Å². The van der Waals surface area contributed by atoms with Crippen LogP contribution in [-0.4, -0.2) is 48.3 Å². The summed E-state index contributed by atoms with van der Waals surface area (Å²) in [5.74, 6) is -0.228. The van der Waals surface area contributed by atoms with E-state index in [4.69, 9.17) is 10.00 Å². The van der Waals surface area contributed by atoms with Crippen molar-refractivity contribution in [2.24, 2.45) is 0 Å². The van der Waals surface area contributed by atoms with E-state index in [1.165, 1.54) is 23.2 Å². The first-order valence-corrected chi connectivity index (χ1v) is 9.86. The Morgan fingerprint density at radius 2 is 2.16 bits per heavy atom. The van der Waals surface area contributed by atoms with Gasteiger partial charge in [0.2, 0.25) is 0 Å². The topological polar surface area (TPSA) is 100 Å². The summed E-state index contributed by atoms with van der Waals surface area (Å²) in [6.45, 7) is 5.80. The SMILES string of the molecule is CC(C)(C)OC(=O)N1CCCCC1CS(=O)(=O)c1cc(C#N)ccn1. The van der Waals surface area contributed by atoms with Gasteiger partial charge in [-0.2, -0.15) is 5.26 Å². The number of pyridine rings is 1.